The molecule has 0 aliphatic carbocycles. The highest BCUT2D eigenvalue weighted by atomic mass is 16.4. The SMILES string of the molecule is O=C(O)Cc1ccc2cccc(CO)c2c1. The Balaban J connectivity index is 2.54. The highest BCUT2D eigenvalue weighted by Gasteiger charge is 2.04. The van der Waals surface area contributed by atoms with Gasteiger partial charge in [-0.1, -0.05) is 36.4 Å². The Kier molecular flexibility index (Phi) is 2.88. The van der Waals surface area contributed by atoms with E-state index in [1.807, 2.05) is 30.3 Å². The number of aliphatic hydroxyl groups excluding tert-OH is 1. The number of carboxylic acid groups (broad SMARTS) is 1. The van der Waals surface area contributed by atoms with Crippen molar-refractivity contribution in [2.45, 2.75) is 13.0 Å². The first-order valence-corrected chi connectivity index (χ1v) is 5.04. The topological polar surface area (TPSA) is 57.5 Å². The van der Waals surface area contributed by atoms with Crippen LogP contribution in [0.4, 0.5) is 0 Å². The van der Waals surface area contributed by atoms with E-state index < -0.39 is 5.97 Å². The Bertz CT molecular complexity index is 532. The van der Waals surface area contributed by atoms with Crippen molar-refractivity contribution in [1.82, 2.24) is 0 Å². The average molecular weight is 216 g/mol. The third-order valence-electron chi connectivity index (χ3n) is 2.56. The zero-order valence-corrected chi connectivity index (χ0v) is 8.68. The molecule has 0 atom stereocenters. The van der Waals surface area contributed by atoms with E-state index in [0.717, 1.165) is 21.9 Å². The molecule has 0 radical (unpaired) electrons. The van der Waals surface area contributed by atoms with E-state index >= 15 is 0 Å². The van der Waals surface area contributed by atoms with Crippen LogP contribution in [-0.4, -0.2) is 16.2 Å². The summed E-state index contributed by atoms with van der Waals surface area (Å²) in [7, 11) is 0. The minimum absolute atomic E-state index is 0.00963. The lowest BCUT2D eigenvalue weighted by atomic mass is 10.0. The van der Waals surface area contributed by atoms with Gasteiger partial charge in [-0.05, 0) is 21.9 Å². The second-order valence-corrected chi connectivity index (χ2v) is 3.70. The molecule has 2 aromatic rings. The number of carbonyl (C=O) groups is 1. The van der Waals surface area contributed by atoms with E-state index in [-0.39, 0.29) is 13.0 Å². The van der Waals surface area contributed by atoms with Crippen LogP contribution < -0.4 is 0 Å². The first kappa shape index (κ1) is 10.6. The van der Waals surface area contributed by atoms with Gasteiger partial charge in [0, 0.05) is 0 Å². The first-order valence-electron chi connectivity index (χ1n) is 5.04. The van der Waals surface area contributed by atoms with E-state index in [2.05, 4.69) is 0 Å². The van der Waals surface area contributed by atoms with Crippen LogP contribution in [0, 0.1) is 0 Å². The van der Waals surface area contributed by atoms with Crippen molar-refractivity contribution in [3.8, 4) is 0 Å². The van der Waals surface area contributed by atoms with Gasteiger partial charge < -0.3 is 10.2 Å². The Morgan fingerprint density at radius 3 is 2.69 bits per heavy atom. The Morgan fingerprint density at radius 2 is 2.00 bits per heavy atom. The minimum Gasteiger partial charge on any atom is -0.481 e. The molecule has 0 saturated heterocycles. The van der Waals surface area contributed by atoms with Gasteiger partial charge in [-0.3, -0.25) is 4.79 Å². The fraction of sp³-hybridized carbons (Fsp3) is 0.154. The number of carboxylic acids is 1. The zero-order valence-electron chi connectivity index (χ0n) is 8.68. The predicted octanol–water partition coefficient (Wildman–Crippen LogP) is 1.96. The number of aliphatic carboxylic acids is 1. The minimum atomic E-state index is -0.846. The Morgan fingerprint density at radius 1 is 1.19 bits per heavy atom. The molecule has 0 bridgehead atoms. The molecule has 16 heavy (non-hydrogen) atoms. The predicted molar refractivity (Wildman–Crippen MR) is 61.2 cm³/mol. The molecule has 0 amide bonds. The molecule has 3 heteroatoms. The van der Waals surface area contributed by atoms with Gasteiger partial charge in [-0.15, -0.1) is 0 Å². The highest BCUT2D eigenvalue weighted by Crippen LogP contribution is 2.20. The lowest BCUT2D eigenvalue weighted by Gasteiger charge is -2.05. The summed E-state index contributed by atoms with van der Waals surface area (Å²) in [6.45, 7) is -0.0339. The first-order chi connectivity index (χ1) is 7.70. The van der Waals surface area contributed by atoms with Gasteiger partial charge in [-0.2, -0.15) is 0 Å². The molecule has 0 aliphatic rings. The Labute approximate surface area is 93.0 Å². The number of benzene rings is 2. The molecule has 0 fully saturated rings. The van der Waals surface area contributed by atoms with Crippen LogP contribution in [0.3, 0.4) is 0 Å². The Hall–Kier alpha value is -1.87. The van der Waals surface area contributed by atoms with Gasteiger partial charge in [0.25, 0.3) is 0 Å². The van der Waals surface area contributed by atoms with E-state index in [1.165, 1.54) is 0 Å². The summed E-state index contributed by atoms with van der Waals surface area (Å²) in [6.07, 6.45) is 0.00963. The van der Waals surface area contributed by atoms with Crippen LogP contribution in [0.2, 0.25) is 0 Å². The lowest BCUT2D eigenvalue weighted by Crippen LogP contribution is -2.00. The number of aliphatic hydroxyl groups is 1. The van der Waals surface area contributed by atoms with Gasteiger partial charge in [0.1, 0.15) is 0 Å². The van der Waals surface area contributed by atoms with Gasteiger partial charge in [0.2, 0.25) is 0 Å². The molecule has 2 aromatic carbocycles. The molecule has 0 saturated carbocycles. The number of hydrogen-bond donors (Lipinski definition) is 2. The number of rotatable bonds is 3. The van der Waals surface area contributed by atoms with Crippen LogP contribution in [0.15, 0.2) is 36.4 Å². The van der Waals surface area contributed by atoms with Crippen molar-refractivity contribution in [3.63, 3.8) is 0 Å². The highest BCUT2D eigenvalue weighted by molar-refractivity contribution is 5.87. The van der Waals surface area contributed by atoms with Crippen molar-refractivity contribution >= 4 is 16.7 Å². The largest absolute Gasteiger partial charge is 0.481 e. The second kappa shape index (κ2) is 4.33. The normalized spacial score (nSPS) is 10.6. The molecule has 0 heterocycles. The monoisotopic (exact) mass is 216 g/mol. The summed E-state index contributed by atoms with van der Waals surface area (Å²) in [6, 6.07) is 11.2. The van der Waals surface area contributed by atoms with Gasteiger partial charge in [-0.25, -0.2) is 0 Å². The summed E-state index contributed by atoms with van der Waals surface area (Å²) in [4.78, 5) is 10.6. The van der Waals surface area contributed by atoms with Crippen molar-refractivity contribution < 1.29 is 15.0 Å². The van der Waals surface area contributed by atoms with Crippen LogP contribution in [-0.2, 0) is 17.8 Å². The molecule has 0 aromatic heterocycles. The van der Waals surface area contributed by atoms with Crippen LogP contribution in [0.5, 0.6) is 0 Å². The van der Waals surface area contributed by atoms with Gasteiger partial charge >= 0.3 is 5.97 Å². The molecule has 3 nitrogen and oxygen atoms in total. The standard InChI is InChI=1S/C13H12O3/c14-8-11-3-1-2-10-5-4-9(6-12(10)11)7-13(15)16/h1-6,14H,7-8H2,(H,15,16). The quantitative estimate of drug-likeness (QED) is 0.824. The molecule has 2 N–H and O–H groups in total. The van der Waals surface area contributed by atoms with Crippen LogP contribution in [0.25, 0.3) is 10.8 Å². The second-order valence-electron chi connectivity index (χ2n) is 3.70. The van der Waals surface area contributed by atoms with E-state index in [9.17, 15) is 9.90 Å². The maximum absolute atomic E-state index is 10.6. The molecule has 0 aliphatic heterocycles. The maximum atomic E-state index is 10.6. The number of hydrogen-bond acceptors (Lipinski definition) is 2. The summed E-state index contributed by atoms with van der Waals surface area (Å²) in [5, 5.41) is 19.8. The summed E-state index contributed by atoms with van der Waals surface area (Å²) in [5.74, 6) is -0.846. The molecule has 2 rings (SSSR count). The summed E-state index contributed by atoms with van der Waals surface area (Å²) >= 11 is 0. The molecule has 0 spiro atoms. The third kappa shape index (κ3) is 2.04. The third-order valence-corrected chi connectivity index (χ3v) is 2.56. The van der Waals surface area contributed by atoms with Crippen LogP contribution >= 0.6 is 0 Å². The zero-order chi connectivity index (χ0) is 11.5. The summed E-state index contributed by atoms with van der Waals surface area (Å²) in [5.41, 5.74) is 1.57. The van der Waals surface area contributed by atoms with Crippen LogP contribution in [0.1, 0.15) is 11.1 Å². The smallest absolute Gasteiger partial charge is 0.307 e. The molecular weight excluding hydrogens is 204 g/mol. The van der Waals surface area contributed by atoms with Crippen molar-refractivity contribution in [3.05, 3.63) is 47.5 Å². The summed E-state index contributed by atoms with van der Waals surface area (Å²) < 4.78 is 0. The van der Waals surface area contributed by atoms with Crippen molar-refractivity contribution in [2.24, 2.45) is 0 Å². The lowest BCUT2D eigenvalue weighted by molar-refractivity contribution is -0.136. The molecule has 82 valence electrons. The van der Waals surface area contributed by atoms with E-state index in [0.29, 0.717) is 0 Å². The van der Waals surface area contributed by atoms with E-state index in [4.69, 9.17) is 5.11 Å². The fourth-order valence-electron chi connectivity index (χ4n) is 1.81. The molecular formula is C13H12O3. The van der Waals surface area contributed by atoms with Gasteiger partial charge in [0.15, 0.2) is 0 Å². The van der Waals surface area contributed by atoms with Crippen molar-refractivity contribution in [2.75, 3.05) is 0 Å². The fourth-order valence-corrected chi connectivity index (χ4v) is 1.81. The van der Waals surface area contributed by atoms with E-state index in [1.54, 1.807) is 6.07 Å². The molecule has 0 unspecified atom stereocenters. The van der Waals surface area contributed by atoms with Gasteiger partial charge in [0.05, 0.1) is 13.0 Å². The average Bonchev–Trinajstić information content (AvgIpc) is 2.27. The maximum Gasteiger partial charge on any atom is 0.307 e. The van der Waals surface area contributed by atoms with Crippen molar-refractivity contribution in [1.29, 1.82) is 0 Å². The number of fused-ring (bicyclic) bond motifs is 1.